The average molecular weight is 340 g/mol. The number of fused-ring (bicyclic) bond motifs is 1. The van der Waals surface area contributed by atoms with Gasteiger partial charge in [-0.2, -0.15) is 0 Å². The van der Waals surface area contributed by atoms with Crippen molar-refractivity contribution in [1.82, 2.24) is 0 Å². The normalized spacial score (nSPS) is 14.3. The van der Waals surface area contributed by atoms with Crippen molar-refractivity contribution in [3.8, 4) is 5.75 Å². The molecule has 1 N–H and O–H groups in total. The van der Waals surface area contributed by atoms with Crippen LogP contribution in [-0.2, 0) is 17.6 Å². The molecule has 0 aliphatic heterocycles. The molecule has 0 saturated heterocycles. The van der Waals surface area contributed by atoms with Crippen molar-refractivity contribution in [1.29, 1.82) is 0 Å². The number of hydrogen-bond donors (Lipinski definition) is 1. The minimum absolute atomic E-state index is 0.0685. The molecule has 1 amide bonds. The number of benzene rings is 2. The lowest BCUT2D eigenvalue weighted by Gasteiger charge is -2.19. The molecule has 0 radical (unpaired) electrons. The minimum atomic E-state index is -0.707. The van der Waals surface area contributed by atoms with Crippen LogP contribution in [0.3, 0.4) is 0 Å². The second kappa shape index (κ2) is 7.34. The zero-order valence-corrected chi connectivity index (χ0v) is 14.0. The van der Waals surface area contributed by atoms with Crippen molar-refractivity contribution in [2.75, 3.05) is 5.32 Å². The first kappa shape index (κ1) is 17.0. The van der Waals surface area contributed by atoms with Gasteiger partial charge in [-0.1, -0.05) is 12.1 Å². The van der Waals surface area contributed by atoms with Crippen molar-refractivity contribution >= 4 is 17.3 Å². The van der Waals surface area contributed by atoms with Crippen LogP contribution in [0.5, 0.6) is 5.75 Å². The molecule has 6 nitrogen and oxygen atoms in total. The molecule has 2 aromatic carbocycles. The Morgan fingerprint density at radius 1 is 1.16 bits per heavy atom. The van der Waals surface area contributed by atoms with Crippen molar-refractivity contribution in [3.05, 3.63) is 63.7 Å². The molecule has 6 heteroatoms. The summed E-state index contributed by atoms with van der Waals surface area (Å²) in [5.74, 6) is 0.320. The summed E-state index contributed by atoms with van der Waals surface area (Å²) in [6.45, 7) is 1.66. The fourth-order valence-electron chi connectivity index (χ4n) is 2.98. The molecule has 1 aliphatic carbocycles. The van der Waals surface area contributed by atoms with Gasteiger partial charge in [0.1, 0.15) is 5.75 Å². The maximum atomic E-state index is 12.3. The smallest absolute Gasteiger partial charge is 0.271 e. The first-order chi connectivity index (χ1) is 12.0. The Labute approximate surface area is 146 Å². The summed E-state index contributed by atoms with van der Waals surface area (Å²) in [5.41, 5.74) is 2.95. The molecule has 0 heterocycles. The van der Waals surface area contributed by atoms with Crippen LogP contribution in [0, 0.1) is 10.1 Å². The van der Waals surface area contributed by atoms with Gasteiger partial charge < -0.3 is 10.1 Å². The Balaban J connectivity index is 1.64. The Morgan fingerprint density at radius 3 is 2.68 bits per heavy atom. The third kappa shape index (κ3) is 4.15. The number of nitrogens with zero attached hydrogens (tertiary/aromatic N) is 1. The fourth-order valence-corrected chi connectivity index (χ4v) is 2.98. The molecule has 1 unspecified atom stereocenters. The van der Waals surface area contributed by atoms with Crippen molar-refractivity contribution in [3.63, 3.8) is 0 Å². The Bertz CT molecular complexity index is 804. The third-order valence-electron chi connectivity index (χ3n) is 4.33. The SMILES string of the molecule is CC(Oc1ccc2c(c1)CCCC2)C(=O)Nc1cccc([N+](=O)[O-])c1. The monoisotopic (exact) mass is 340 g/mol. The van der Waals surface area contributed by atoms with Gasteiger partial charge in [0.2, 0.25) is 0 Å². The van der Waals surface area contributed by atoms with E-state index in [9.17, 15) is 14.9 Å². The molecule has 2 aromatic rings. The highest BCUT2D eigenvalue weighted by Gasteiger charge is 2.17. The quantitative estimate of drug-likeness (QED) is 0.661. The standard InChI is InChI=1S/C19H20N2O4/c1-13(19(22)20-16-7-4-8-17(12-16)21(23)24)25-18-10-9-14-5-2-3-6-15(14)11-18/h4,7-13H,2-3,5-6H2,1H3,(H,20,22). The Morgan fingerprint density at radius 2 is 1.92 bits per heavy atom. The molecule has 0 saturated carbocycles. The summed E-state index contributed by atoms with van der Waals surface area (Å²) in [6.07, 6.45) is 3.83. The molecule has 1 aliphatic rings. The average Bonchev–Trinajstić information content (AvgIpc) is 2.61. The molecular weight excluding hydrogens is 320 g/mol. The van der Waals surface area contributed by atoms with Crippen LogP contribution < -0.4 is 10.1 Å². The first-order valence-corrected chi connectivity index (χ1v) is 8.37. The minimum Gasteiger partial charge on any atom is -0.481 e. The second-order valence-corrected chi connectivity index (χ2v) is 6.19. The maximum Gasteiger partial charge on any atom is 0.271 e. The van der Waals surface area contributed by atoms with E-state index in [1.807, 2.05) is 12.1 Å². The van der Waals surface area contributed by atoms with Gasteiger partial charge in [0, 0.05) is 17.8 Å². The lowest BCUT2D eigenvalue weighted by atomic mass is 9.92. The summed E-state index contributed by atoms with van der Waals surface area (Å²) in [5, 5.41) is 13.5. The number of carbonyl (C=O) groups is 1. The van der Waals surface area contributed by atoms with Crippen LogP contribution in [0.2, 0.25) is 0 Å². The summed E-state index contributed by atoms with van der Waals surface area (Å²) in [4.78, 5) is 22.6. The van der Waals surface area contributed by atoms with Gasteiger partial charge in [-0.25, -0.2) is 0 Å². The number of nitrogens with one attached hydrogen (secondary N) is 1. The Hall–Kier alpha value is -2.89. The van der Waals surface area contributed by atoms with Crippen LogP contribution in [0.4, 0.5) is 11.4 Å². The summed E-state index contributed by atoms with van der Waals surface area (Å²) < 4.78 is 5.75. The zero-order valence-electron chi connectivity index (χ0n) is 14.0. The molecule has 3 rings (SSSR count). The molecule has 0 fully saturated rings. The van der Waals surface area contributed by atoms with Crippen molar-refractivity contribution in [2.45, 2.75) is 38.7 Å². The lowest BCUT2D eigenvalue weighted by molar-refractivity contribution is -0.384. The maximum absolute atomic E-state index is 12.3. The number of ether oxygens (including phenoxy) is 1. The van der Waals surface area contributed by atoms with E-state index >= 15 is 0 Å². The van der Waals surface area contributed by atoms with E-state index in [2.05, 4.69) is 11.4 Å². The number of nitro benzene ring substituents is 1. The van der Waals surface area contributed by atoms with Crippen LogP contribution in [0.25, 0.3) is 0 Å². The predicted molar refractivity (Wildman–Crippen MR) is 94.9 cm³/mol. The summed E-state index contributed by atoms with van der Waals surface area (Å²) in [7, 11) is 0. The van der Waals surface area contributed by atoms with E-state index in [0.29, 0.717) is 11.4 Å². The van der Waals surface area contributed by atoms with E-state index in [4.69, 9.17) is 4.74 Å². The number of nitro groups is 1. The lowest BCUT2D eigenvalue weighted by Crippen LogP contribution is -2.30. The van der Waals surface area contributed by atoms with Gasteiger partial charge in [0.05, 0.1) is 4.92 Å². The predicted octanol–water partition coefficient (Wildman–Crippen LogP) is 3.88. The van der Waals surface area contributed by atoms with Crippen LogP contribution in [0.15, 0.2) is 42.5 Å². The molecule has 0 bridgehead atoms. The number of rotatable bonds is 5. The van der Waals surface area contributed by atoms with Gasteiger partial charge in [-0.05, 0) is 61.9 Å². The van der Waals surface area contributed by atoms with Crippen LogP contribution in [0.1, 0.15) is 30.9 Å². The number of anilines is 1. The number of amides is 1. The highest BCUT2D eigenvalue weighted by atomic mass is 16.6. The summed E-state index contributed by atoms with van der Waals surface area (Å²) in [6, 6.07) is 11.8. The van der Waals surface area contributed by atoms with Gasteiger partial charge in [-0.3, -0.25) is 14.9 Å². The molecule has 0 spiro atoms. The number of aryl methyl sites for hydroxylation is 2. The van der Waals surface area contributed by atoms with Crippen molar-refractivity contribution < 1.29 is 14.5 Å². The number of hydrogen-bond acceptors (Lipinski definition) is 4. The second-order valence-electron chi connectivity index (χ2n) is 6.19. The van der Waals surface area contributed by atoms with Gasteiger partial charge >= 0.3 is 0 Å². The third-order valence-corrected chi connectivity index (χ3v) is 4.33. The summed E-state index contributed by atoms with van der Waals surface area (Å²) >= 11 is 0. The molecule has 1 atom stereocenters. The first-order valence-electron chi connectivity index (χ1n) is 8.37. The zero-order chi connectivity index (χ0) is 17.8. The van der Waals surface area contributed by atoms with Gasteiger partial charge in [0.25, 0.3) is 11.6 Å². The van der Waals surface area contributed by atoms with Crippen LogP contribution >= 0.6 is 0 Å². The Kier molecular flexibility index (Phi) is 4.97. The molecule has 130 valence electrons. The number of carbonyl (C=O) groups excluding carboxylic acids is 1. The fraction of sp³-hybridized carbons (Fsp3) is 0.316. The van der Waals surface area contributed by atoms with E-state index in [1.54, 1.807) is 13.0 Å². The topological polar surface area (TPSA) is 81.5 Å². The highest BCUT2D eigenvalue weighted by molar-refractivity contribution is 5.94. The van der Waals surface area contributed by atoms with E-state index in [-0.39, 0.29) is 11.6 Å². The largest absolute Gasteiger partial charge is 0.481 e. The molecular formula is C19H20N2O4. The van der Waals surface area contributed by atoms with Crippen molar-refractivity contribution in [2.24, 2.45) is 0 Å². The number of non-ortho nitro benzene ring substituents is 1. The van der Waals surface area contributed by atoms with E-state index in [1.165, 1.54) is 42.2 Å². The van der Waals surface area contributed by atoms with Gasteiger partial charge in [0.15, 0.2) is 6.10 Å². The molecule has 25 heavy (non-hydrogen) atoms. The molecule has 0 aromatic heterocycles. The van der Waals surface area contributed by atoms with E-state index < -0.39 is 11.0 Å². The highest BCUT2D eigenvalue weighted by Crippen LogP contribution is 2.26. The van der Waals surface area contributed by atoms with Crippen LogP contribution in [-0.4, -0.2) is 16.9 Å². The van der Waals surface area contributed by atoms with E-state index in [0.717, 1.165) is 12.8 Å². The van der Waals surface area contributed by atoms with Gasteiger partial charge in [-0.15, -0.1) is 0 Å².